The zero-order chi connectivity index (χ0) is 20.6. The predicted molar refractivity (Wildman–Crippen MR) is 101 cm³/mol. The van der Waals surface area contributed by atoms with E-state index < -0.39 is 23.4 Å². The molecule has 150 valence electrons. The van der Waals surface area contributed by atoms with Crippen LogP contribution in [0.1, 0.15) is 22.8 Å². The number of hydrogen-bond donors (Lipinski definition) is 2. The van der Waals surface area contributed by atoms with Gasteiger partial charge in [-0.15, -0.1) is 0 Å². The van der Waals surface area contributed by atoms with E-state index >= 15 is 0 Å². The fourth-order valence-corrected chi connectivity index (χ4v) is 3.22. The monoisotopic (exact) mass is 397 g/mol. The van der Waals surface area contributed by atoms with Crippen molar-refractivity contribution in [3.63, 3.8) is 0 Å². The van der Waals surface area contributed by atoms with Crippen molar-refractivity contribution in [3.8, 4) is 17.2 Å². The van der Waals surface area contributed by atoms with E-state index in [0.29, 0.717) is 41.0 Å². The van der Waals surface area contributed by atoms with Crippen molar-refractivity contribution >= 4 is 17.8 Å². The number of carbonyl (C=O) groups excluding carboxylic acids is 3. The van der Waals surface area contributed by atoms with Crippen LogP contribution in [0.25, 0.3) is 0 Å². The molecule has 2 aliphatic heterocycles. The van der Waals surface area contributed by atoms with E-state index in [2.05, 4.69) is 10.7 Å². The maximum absolute atomic E-state index is 13.0. The Morgan fingerprint density at radius 2 is 1.90 bits per heavy atom. The van der Waals surface area contributed by atoms with Crippen LogP contribution in [0, 0.1) is 0 Å². The van der Waals surface area contributed by atoms with Gasteiger partial charge < -0.3 is 19.5 Å². The Hall–Kier alpha value is -3.75. The van der Waals surface area contributed by atoms with Gasteiger partial charge in [0.1, 0.15) is 24.5 Å². The van der Waals surface area contributed by atoms with Gasteiger partial charge in [0.05, 0.1) is 7.11 Å². The fraction of sp³-hybridized carbons (Fsp3) is 0.250. The maximum atomic E-state index is 13.0. The third-order valence-corrected chi connectivity index (χ3v) is 4.86. The Kier molecular flexibility index (Phi) is 4.50. The molecule has 1 fully saturated rings. The Morgan fingerprint density at radius 3 is 2.66 bits per heavy atom. The molecule has 9 nitrogen and oxygen atoms in total. The normalized spacial score (nSPS) is 20.3. The van der Waals surface area contributed by atoms with Crippen LogP contribution >= 0.6 is 0 Å². The number of amides is 4. The second-order valence-electron chi connectivity index (χ2n) is 6.73. The third kappa shape index (κ3) is 3.20. The molecule has 2 aromatic rings. The minimum atomic E-state index is -1.34. The molecule has 4 amide bonds. The number of ether oxygens (including phenoxy) is 3. The Labute approximate surface area is 166 Å². The van der Waals surface area contributed by atoms with Crippen molar-refractivity contribution < 1.29 is 28.6 Å². The number of hydrazine groups is 1. The standard InChI is InChI=1S/C20H19N3O6/c1-20(13-4-3-5-14(11-13)27-2)18(25)23(19(26)21-20)22-17(24)12-6-7-15-16(10-12)29-9-8-28-15/h3-7,10-11H,8-9H2,1-2H3,(H,21,26)(H,22,24)/t20-/m0/s1. The summed E-state index contributed by atoms with van der Waals surface area (Å²) in [6.45, 7) is 2.38. The highest BCUT2D eigenvalue weighted by Gasteiger charge is 2.50. The van der Waals surface area contributed by atoms with Gasteiger partial charge in [0, 0.05) is 5.56 Å². The Bertz CT molecular complexity index is 1010. The molecule has 9 heteroatoms. The summed E-state index contributed by atoms with van der Waals surface area (Å²) >= 11 is 0. The van der Waals surface area contributed by atoms with Gasteiger partial charge in [0.15, 0.2) is 11.5 Å². The number of fused-ring (bicyclic) bond motifs is 1. The quantitative estimate of drug-likeness (QED) is 0.759. The van der Waals surface area contributed by atoms with Crippen molar-refractivity contribution in [2.45, 2.75) is 12.5 Å². The number of carbonyl (C=O) groups is 3. The molecule has 2 aromatic carbocycles. The lowest BCUT2D eigenvalue weighted by atomic mass is 9.92. The molecular formula is C20H19N3O6. The van der Waals surface area contributed by atoms with E-state index in [1.54, 1.807) is 37.3 Å². The van der Waals surface area contributed by atoms with E-state index in [4.69, 9.17) is 14.2 Å². The first-order valence-corrected chi connectivity index (χ1v) is 8.94. The molecule has 0 aromatic heterocycles. The lowest BCUT2D eigenvalue weighted by molar-refractivity contribution is -0.132. The second-order valence-corrected chi connectivity index (χ2v) is 6.73. The molecule has 0 bridgehead atoms. The molecule has 2 aliphatic rings. The Morgan fingerprint density at radius 1 is 1.14 bits per heavy atom. The van der Waals surface area contributed by atoms with E-state index in [1.807, 2.05) is 0 Å². The highest BCUT2D eigenvalue weighted by molar-refractivity contribution is 6.09. The van der Waals surface area contributed by atoms with Crippen LogP contribution < -0.4 is 25.0 Å². The average molecular weight is 397 g/mol. The number of urea groups is 1. The summed E-state index contributed by atoms with van der Waals surface area (Å²) in [5, 5.41) is 3.31. The van der Waals surface area contributed by atoms with E-state index in [1.165, 1.54) is 19.2 Å². The van der Waals surface area contributed by atoms with Crippen molar-refractivity contribution in [2.75, 3.05) is 20.3 Å². The summed E-state index contributed by atoms with van der Waals surface area (Å²) in [6, 6.07) is 10.7. The molecule has 0 radical (unpaired) electrons. The van der Waals surface area contributed by atoms with Crippen LogP contribution in [0.5, 0.6) is 17.2 Å². The van der Waals surface area contributed by atoms with E-state index in [9.17, 15) is 14.4 Å². The molecule has 1 atom stereocenters. The summed E-state index contributed by atoms with van der Waals surface area (Å²) in [4.78, 5) is 38.0. The van der Waals surface area contributed by atoms with Gasteiger partial charge in [-0.3, -0.25) is 15.0 Å². The number of hydrogen-bond acceptors (Lipinski definition) is 6. The number of imide groups is 1. The highest BCUT2D eigenvalue weighted by atomic mass is 16.6. The van der Waals surface area contributed by atoms with Crippen molar-refractivity contribution in [1.82, 2.24) is 15.8 Å². The number of nitrogens with zero attached hydrogens (tertiary/aromatic N) is 1. The smallest absolute Gasteiger partial charge is 0.344 e. The predicted octanol–water partition coefficient (Wildman–Crippen LogP) is 1.58. The fourth-order valence-electron chi connectivity index (χ4n) is 3.22. The third-order valence-electron chi connectivity index (χ3n) is 4.86. The summed E-state index contributed by atoms with van der Waals surface area (Å²) in [5.74, 6) is 0.280. The number of rotatable bonds is 4. The van der Waals surface area contributed by atoms with Gasteiger partial charge in [-0.2, -0.15) is 5.01 Å². The van der Waals surface area contributed by atoms with Gasteiger partial charge in [0.2, 0.25) is 0 Å². The van der Waals surface area contributed by atoms with Crippen molar-refractivity contribution in [3.05, 3.63) is 53.6 Å². The number of methoxy groups -OCH3 is 1. The molecule has 29 heavy (non-hydrogen) atoms. The Balaban J connectivity index is 1.55. The SMILES string of the molecule is COc1cccc([C@]2(C)NC(=O)N(NC(=O)c3ccc4c(c3)OCCO4)C2=O)c1. The summed E-state index contributed by atoms with van der Waals surface area (Å²) < 4.78 is 16.1. The molecule has 4 rings (SSSR count). The van der Waals surface area contributed by atoms with Gasteiger partial charge >= 0.3 is 6.03 Å². The van der Waals surface area contributed by atoms with Gasteiger partial charge in [0.25, 0.3) is 11.8 Å². The molecular weight excluding hydrogens is 378 g/mol. The lowest BCUT2D eigenvalue weighted by Crippen LogP contribution is -2.47. The first kappa shape index (κ1) is 18.6. The molecule has 0 saturated carbocycles. The van der Waals surface area contributed by atoms with Crippen LogP contribution in [0.2, 0.25) is 0 Å². The zero-order valence-corrected chi connectivity index (χ0v) is 15.9. The van der Waals surface area contributed by atoms with Crippen molar-refractivity contribution in [1.29, 1.82) is 0 Å². The first-order chi connectivity index (χ1) is 13.9. The van der Waals surface area contributed by atoms with Crippen molar-refractivity contribution in [2.24, 2.45) is 0 Å². The second kappa shape index (κ2) is 7.01. The zero-order valence-electron chi connectivity index (χ0n) is 15.9. The number of nitrogens with one attached hydrogen (secondary N) is 2. The van der Waals surface area contributed by atoms with Crippen LogP contribution in [0.15, 0.2) is 42.5 Å². The molecule has 0 aliphatic carbocycles. The molecule has 2 heterocycles. The van der Waals surface area contributed by atoms with Crippen LogP contribution in [-0.4, -0.2) is 43.2 Å². The van der Waals surface area contributed by atoms with Crippen LogP contribution in [0.4, 0.5) is 4.79 Å². The molecule has 0 unspecified atom stereocenters. The minimum Gasteiger partial charge on any atom is -0.497 e. The lowest BCUT2D eigenvalue weighted by Gasteiger charge is -2.23. The highest BCUT2D eigenvalue weighted by Crippen LogP contribution is 2.32. The van der Waals surface area contributed by atoms with E-state index in [0.717, 1.165) is 0 Å². The maximum Gasteiger partial charge on any atom is 0.344 e. The summed E-state index contributed by atoms with van der Waals surface area (Å²) in [5.41, 5.74) is 1.78. The molecule has 0 spiro atoms. The molecule has 2 N–H and O–H groups in total. The topological polar surface area (TPSA) is 106 Å². The summed E-state index contributed by atoms with van der Waals surface area (Å²) in [7, 11) is 1.51. The number of benzene rings is 2. The minimum absolute atomic E-state index is 0.227. The van der Waals surface area contributed by atoms with Crippen LogP contribution in [-0.2, 0) is 10.3 Å². The van der Waals surface area contributed by atoms with Crippen LogP contribution in [0.3, 0.4) is 0 Å². The van der Waals surface area contributed by atoms with Gasteiger partial charge in [-0.1, -0.05) is 12.1 Å². The van der Waals surface area contributed by atoms with Gasteiger partial charge in [-0.05, 0) is 42.8 Å². The first-order valence-electron chi connectivity index (χ1n) is 8.94. The molecule has 1 saturated heterocycles. The largest absolute Gasteiger partial charge is 0.497 e. The average Bonchev–Trinajstić information content (AvgIpc) is 2.97. The summed E-state index contributed by atoms with van der Waals surface area (Å²) in [6.07, 6.45) is 0. The van der Waals surface area contributed by atoms with E-state index in [-0.39, 0.29) is 5.56 Å². The van der Waals surface area contributed by atoms with Gasteiger partial charge in [-0.25, -0.2) is 4.79 Å².